The lowest BCUT2D eigenvalue weighted by atomic mass is 10.1. The van der Waals surface area contributed by atoms with Gasteiger partial charge in [-0.2, -0.15) is 5.10 Å². The van der Waals surface area contributed by atoms with Crippen molar-refractivity contribution < 1.29 is 9.59 Å². The van der Waals surface area contributed by atoms with E-state index in [4.69, 9.17) is 0 Å². The maximum Gasteiger partial charge on any atom is 0.274 e. The van der Waals surface area contributed by atoms with E-state index in [9.17, 15) is 9.59 Å². The molecule has 0 saturated heterocycles. The van der Waals surface area contributed by atoms with Crippen molar-refractivity contribution in [3.8, 4) is 0 Å². The van der Waals surface area contributed by atoms with Crippen molar-refractivity contribution in [2.45, 2.75) is 19.4 Å². The third-order valence-electron chi connectivity index (χ3n) is 3.42. The Labute approximate surface area is 132 Å². The molecule has 2 aromatic rings. The van der Waals surface area contributed by atoms with Gasteiger partial charge in [-0.1, -0.05) is 30.3 Å². The van der Waals surface area contributed by atoms with Crippen molar-refractivity contribution in [3.05, 3.63) is 42.2 Å². The van der Waals surface area contributed by atoms with Gasteiger partial charge in [-0.15, -0.1) is 5.10 Å². The van der Waals surface area contributed by atoms with Gasteiger partial charge < -0.3 is 0 Å². The van der Waals surface area contributed by atoms with Crippen molar-refractivity contribution in [3.63, 3.8) is 0 Å². The Morgan fingerprint density at radius 3 is 2.78 bits per heavy atom. The summed E-state index contributed by atoms with van der Waals surface area (Å²) in [7, 11) is 1.53. The summed E-state index contributed by atoms with van der Waals surface area (Å²) in [6.45, 7) is 0.571. The SMILES string of the molecule is CN1N=C(C(=O)Nc2ncn(Cc3ccccc3)n2)CCC1=O. The minimum Gasteiger partial charge on any atom is -0.288 e. The Kier molecular flexibility index (Phi) is 4.13. The van der Waals surface area contributed by atoms with Gasteiger partial charge in [0.05, 0.1) is 6.54 Å². The Morgan fingerprint density at radius 2 is 2.04 bits per heavy atom. The number of nitrogens with one attached hydrogen (secondary N) is 1. The normalized spacial score (nSPS) is 14.6. The van der Waals surface area contributed by atoms with E-state index in [1.54, 1.807) is 11.0 Å². The van der Waals surface area contributed by atoms with E-state index in [1.165, 1.54) is 12.1 Å². The first-order valence-electron chi connectivity index (χ1n) is 7.20. The van der Waals surface area contributed by atoms with E-state index in [0.29, 0.717) is 18.7 Å². The number of hydrazone groups is 1. The summed E-state index contributed by atoms with van der Waals surface area (Å²) in [6, 6.07) is 9.83. The minimum atomic E-state index is -0.387. The Hall–Kier alpha value is -3.03. The van der Waals surface area contributed by atoms with Crippen molar-refractivity contribution in [1.29, 1.82) is 0 Å². The average molecular weight is 312 g/mol. The van der Waals surface area contributed by atoms with Crippen LogP contribution in [0.3, 0.4) is 0 Å². The third kappa shape index (κ3) is 3.60. The number of nitrogens with zero attached hydrogens (tertiary/aromatic N) is 5. The fourth-order valence-electron chi connectivity index (χ4n) is 2.21. The van der Waals surface area contributed by atoms with Gasteiger partial charge in [0.25, 0.3) is 5.91 Å². The number of benzene rings is 1. The van der Waals surface area contributed by atoms with Crippen LogP contribution < -0.4 is 5.32 Å². The van der Waals surface area contributed by atoms with Gasteiger partial charge in [-0.05, 0) is 5.56 Å². The molecule has 0 atom stereocenters. The second-order valence-corrected chi connectivity index (χ2v) is 5.17. The van der Waals surface area contributed by atoms with Gasteiger partial charge in [0.1, 0.15) is 12.0 Å². The minimum absolute atomic E-state index is 0.105. The highest BCUT2D eigenvalue weighted by Crippen LogP contribution is 2.09. The highest BCUT2D eigenvalue weighted by Gasteiger charge is 2.22. The first-order chi connectivity index (χ1) is 11.1. The quantitative estimate of drug-likeness (QED) is 0.906. The van der Waals surface area contributed by atoms with Crippen LogP contribution >= 0.6 is 0 Å². The van der Waals surface area contributed by atoms with Gasteiger partial charge in [-0.25, -0.2) is 14.7 Å². The largest absolute Gasteiger partial charge is 0.288 e. The van der Waals surface area contributed by atoms with Gasteiger partial charge in [0.15, 0.2) is 0 Å². The second kappa shape index (κ2) is 6.39. The molecular formula is C15H16N6O2. The van der Waals surface area contributed by atoms with Crippen molar-refractivity contribution >= 4 is 23.5 Å². The number of anilines is 1. The van der Waals surface area contributed by atoms with E-state index in [1.807, 2.05) is 30.3 Å². The fourth-order valence-corrected chi connectivity index (χ4v) is 2.21. The molecule has 2 amide bonds. The standard InChI is InChI=1S/C15H16N6O2/c1-20-13(22)8-7-12(18-20)14(23)17-15-16-10-21(19-15)9-11-5-3-2-4-6-11/h2-6,10H,7-9H2,1H3,(H,17,19,23). The molecule has 0 fully saturated rings. The predicted molar refractivity (Wildman–Crippen MR) is 83.6 cm³/mol. The van der Waals surface area contributed by atoms with Crippen LogP contribution in [0.5, 0.6) is 0 Å². The monoisotopic (exact) mass is 312 g/mol. The predicted octanol–water partition coefficient (Wildman–Crippen LogP) is 0.873. The molecule has 118 valence electrons. The molecule has 0 bridgehead atoms. The van der Waals surface area contributed by atoms with E-state index >= 15 is 0 Å². The van der Waals surface area contributed by atoms with Crippen LogP contribution in [0.2, 0.25) is 0 Å². The van der Waals surface area contributed by atoms with E-state index in [2.05, 4.69) is 20.5 Å². The molecule has 1 aliphatic rings. The van der Waals surface area contributed by atoms with Crippen LogP contribution in [0, 0.1) is 0 Å². The zero-order valence-electron chi connectivity index (χ0n) is 12.6. The Balaban J connectivity index is 1.64. The van der Waals surface area contributed by atoms with Crippen LogP contribution in [0.1, 0.15) is 18.4 Å². The summed E-state index contributed by atoms with van der Waals surface area (Å²) in [5.74, 6) is -0.276. The van der Waals surface area contributed by atoms with E-state index in [0.717, 1.165) is 5.56 Å². The average Bonchev–Trinajstić information content (AvgIpc) is 2.98. The Bertz CT molecular complexity index is 752. The molecule has 23 heavy (non-hydrogen) atoms. The molecule has 1 aromatic heterocycles. The van der Waals surface area contributed by atoms with Gasteiger partial charge in [0.2, 0.25) is 11.9 Å². The molecule has 3 rings (SSSR count). The smallest absolute Gasteiger partial charge is 0.274 e. The molecule has 1 aliphatic heterocycles. The summed E-state index contributed by atoms with van der Waals surface area (Å²) in [6.07, 6.45) is 2.15. The molecule has 0 radical (unpaired) electrons. The molecule has 8 heteroatoms. The summed E-state index contributed by atoms with van der Waals surface area (Å²) in [5, 5.41) is 12.0. The number of carbonyl (C=O) groups excluding carboxylic acids is 2. The zero-order chi connectivity index (χ0) is 16.2. The first-order valence-corrected chi connectivity index (χ1v) is 7.20. The highest BCUT2D eigenvalue weighted by molar-refractivity contribution is 6.43. The zero-order valence-corrected chi connectivity index (χ0v) is 12.6. The molecule has 0 saturated carbocycles. The van der Waals surface area contributed by atoms with Crippen LogP contribution in [-0.2, 0) is 16.1 Å². The summed E-state index contributed by atoms with van der Waals surface area (Å²) >= 11 is 0. The molecule has 0 unspecified atom stereocenters. The lowest BCUT2D eigenvalue weighted by Crippen LogP contribution is -2.34. The van der Waals surface area contributed by atoms with Gasteiger partial charge in [0, 0.05) is 19.9 Å². The van der Waals surface area contributed by atoms with Crippen LogP contribution in [0.25, 0.3) is 0 Å². The van der Waals surface area contributed by atoms with Crippen molar-refractivity contribution in [2.24, 2.45) is 5.10 Å². The lowest BCUT2D eigenvalue weighted by Gasteiger charge is -2.18. The van der Waals surface area contributed by atoms with E-state index < -0.39 is 0 Å². The summed E-state index contributed by atoms with van der Waals surface area (Å²) < 4.78 is 1.64. The number of hydrogen-bond acceptors (Lipinski definition) is 5. The van der Waals surface area contributed by atoms with Crippen LogP contribution in [0.15, 0.2) is 41.8 Å². The number of aromatic nitrogens is 3. The fraction of sp³-hybridized carbons (Fsp3) is 0.267. The molecular weight excluding hydrogens is 296 g/mol. The van der Waals surface area contributed by atoms with Crippen molar-refractivity contribution in [1.82, 2.24) is 19.8 Å². The summed E-state index contributed by atoms with van der Waals surface area (Å²) in [5.41, 5.74) is 1.39. The number of hydrogen-bond donors (Lipinski definition) is 1. The first kappa shape index (κ1) is 14.9. The third-order valence-corrected chi connectivity index (χ3v) is 3.42. The highest BCUT2D eigenvalue weighted by atomic mass is 16.2. The summed E-state index contributed by atoms with van der Waals surface area (Å²) in [4.78, 5) is 27.5. The second-order valence-electron chi connectivity index (χ2n) is 5.17. The molecule has 1 aromatic carbocycles. The molecule has 8 nitrogen and oxygen atoms in total. The number of amides is 2. The molecule has 0 aliphatic carbocycles. The van der Waals surface area contributed by atoms with Crippen LogP contribution in [0.4, 0.5) is 5.95 Å². The Morgan fingerprint density at radius 1 is 1.26 bits per heavy atom. The maximum atomic E-state index is 12.1. The van der Waals surface area contributed by atoms with Crippen LogP contribution in [-0.4, -0.2) is 44.3 Å². The molecule has 2 heterocycles. The van der Waals surface area contributed by atoms with Crippen molar-refractivity contribution in [2.75, 3.05) is 12.4 Å². The lowest BCUT2D eigenvalue weighted by molar-refractivity contribution is -0.130. The number of rotatable bonds is 4. The molecule has 1 N–H and O–H groups in total. The maximum absolute atomic E-state index is 12.1. The topological polar surface area (TPSA) is 92.5 Å². The number of carbonyl (C=O) groups is 2. The molecule has 0 spiro atoms. The van der Waals surface area contributed by atoms with E-state index in [-0.39, 0.29) is 24.2 Å². The van der Waals surface area contributed by atoms with Gasteiger partial charge >= 0.3 is 0 Å². The van der Waals surface area contributed by atoms with Gasteiger partial charge in [-0.3, -0.25) is 14.9 Å².